The molecular weight excluding hydrogens is 290 g/mol. The summed E-state index contributed by atoms with van der Waals surface area (Å²) in [4.78, 5) is 11.7. The van der Waals surface area contributed by atoms with Crippen LogP contribution in [0.3, 0.4) is 0 Å². The van der Waals surface area contributed by atoms with E-state index in [-0.39, 0.29) is 18.5 Å². The van der Waals surface area contributed by atoms with Crippen LogP contribution < -0.4 is 16.2 Å². The number of ether oxygens (including phenoxy) is 1. The third kappa shape index (κ3) is 3.74. The maximum atomic E-state index is 5.65. The van der Waals surface area contributed by atoms with Gasteiger partial charge in [0.15, 0.2) is 5.82 Å². The molecule has 116 valence electrons. The second-order valence-electron chi connectivity index (χ2n) is 5.15. The normalized spacial score (nSPS) is 10.5. The van der Waals surface area contributed by atoms with Gasteiger partial charge < -0.3 is 16.2 Å². The van der Waals surface area contributed by atoms with E-state index in [1.165, 1.54) is 11.1 Å². The molecule has 0 spiro atoms. The van der Waals surface area contributed by atoms with Crippen molar-refractivity contribution in [2.24, 2.45) is 0 Å². The smallest absolute Gasteiger partial charge is 0.225 e. The standard InChI is InChI=1S/C17H17N5O/c1-11-2-4-12(5-3-11)13-6-8-14(9-7-13)23-10-15-20-16(18)22-17(19)21-15/h2-9H,10H2,1H3,(H4,18,19,20,21,22). The quantitative estimate of drug-likeness (QED) is 0.768. The highest BCUT2D eigenvalue weighted by atomic mass is 16.5. The molecule has 0 radical (unpaired) electrons. The van der Waals surface area contributed by atoms with Gasteiger partial charge in [-0.2, -0.15) is 15.0 Å². The van der Waals surface area contributed by atoms with E-state index < -0.39 is 0 Å². The van der Waals surface area contributed by atoms with Gasteiger partial charge in [-0.15, -0.1) is 0 Å². The van der Waals surface area contributed by atoms with Crippen LogP contribution in [0.4, 0.5) is 11.9 Å². The Morgan fingerprint density at radius 1 is 0.783 bits per heavy atom. The molecule has 0 aliphatic heterocycles. The molecule has 0 bridgehead atoms. The fourth-order valence-electron chi connectivity index (χ4n) is 2.16. The molecule has 1 heterocycles. The molecule has 0 saturated heterocycles. The number of rotatable bonds is 4. The predicted molar refractivity (Wildman–Crippen MR) is 89.6 cm³/mol. The molecule has 0 aliphatic carbocycles. The zero-order valence-electron chi connectivity index (χ0n) is 12.7. The Morgan fingerprint density at radius 3 is 1.87 bits per heavy atom. The number of nitrogens with two attached hydrogens (primary N) is 2. The van der Waals surface area contributed by atoms with Crippen molar-refractivity contribution < 1.29 is 4.74 Å². The molecule has 2 aromatic carbocycles. The number of nitrogen functional groups attached to an aromatic ring is 2. The van der Waals surface area contributed by atoms with E-state index in [9.17, 15) is 0 Å². The van der Waals surface area contributed by atoms with Crippen molar-refractivity contribution in [2.75, 3.05) is 11.5 Å². The van der Waals surface area contributed by atoms with Crippen molar-refractivity contribution in [3.8, 4) is 16.9 Å². The van der Waals surface area contributed by atoms with Crippen LogP contribution in [-0.4, -0.2) is 15.0 Å². The Morgan fingerprint density at radius 2 is 1.30 bits per heavy atom. The maximum absolute atomic E-state index is 5.65. The van der Waals surface area contributed by atoms with Gasteiger partial charge in [-0.25, -0.2) is 0 Å². The summed E-state index contributed by atoms with van der Waals surface area (Å²) in [5, 5.41) is 0. The average Bonchev–Trinajstić information content (AvgIpc) is 2.53. The van der Waals surface area contributed by atoms with Crippen LogP contribution in [0.15, 0.2) is 48.5 Å². The minimum Gasteiger partial charge on any atom is -0.486 e. The number of nitrogens with zero attached hydrogens (tertiary/aromatic N) is 3. The minimum atomic E-state index is 0.0887. The third-order valence-electron chi connectivity index (χ3n) is 3.32. The van der Waals surface area contributed by atoms with Crippen LogP contribution >= 0.6 is 0 Å². The fourth-order valence-corrected chi connectivity index (χ4v) is 2.16. The Kier molecular flexibility index (Phi) is 4.05. The Balaban J connectivity index is 1.69. The van der Waals surface area contributed by atoms with E-state index in [1.807, 2.05) is 24.3 Å². The number of aromatic nitrogens is 3. The zero-order chi connectivity index (χ0) is 16.2. The number of benzene rings is 2. The summed E-state index contributed by atoms with van der Waals surface area (Å²) in [7, 11) is 0. The summed E-state index contributed by atoms with van der Waals surface area (Å²) >= 11 is 0. The molecule has 6 heteroatoms. The number of hydrogen-bond donors (Lipinski definition) is 2. The molecule has 0 atom stereocenters. The Labute approximate surface area is 134 Å². The lowest BCUT2D eigenvalue weighted by Gasteiger charge is -2.07. The topological polar surface area (TPSA) is 99.9 Å². The highest BCUT2D eigenvalue weighted by molar-refractivity contribution is 5.64. The lowest BCUT2D eigenvalue weighted by atomic mass is 10.0. The van der Waals surface area contributed by atoms with Crippen molar-refractivity contribution >= 4 is 11.9 Å². The van der Waals surface area contributed by atoms with Gasteiger partial charge in [0.25, 0.3) is 0 Å². The molecule has 6 nitrogen and oxygen atoms in total. The molecule has 23 heavy (non-hydrogen) atoms. The average molecular weight is 307 g/mol. The summed E-state index contributed by atoms with van der Waals surface area (Å²) in [5.41, 5.74) is 14.6. The molecule has 4 N–H and O–H groups in total. The van der Waals surface area contributed by atoms with Crippen LogP contribution in [0, 0.1) is 6.92 Å². The van der Waals surface area contributed by atoms with E-state index >= 15 is 0 Å². The number of anilines is 2. The van der Waals surface area contributed by atoms with Crippen LogP contribution in [0.2, 0.25) is 0 Å². The first kappa shape index (κ1) is 14.8. The highest BCUT2D eigenvalue weighted by Gasteiger charge is 2.04. The molecule has 0 saturated carbocycles. The first-order valence-corrected chi connectivity index (χ1v) is 7.16. The highest BCUT2D eigenvalue weighted by Crippen LogP contribution is 2.23. The maximum Gasteiger partial charge on any atom is 0.225 e. The van der Waals surface area contributed by atoms with Gasteiger partial charge >= 0.3 is 0 Å². The van der Waals surface area contributed by atoms with Gasteiger partial charge in [0.1, 0.15) is 12.4 Å². The van der Waals surface area contributed by atoms with Gasteiger partial charge in [-0.05, 0) is 30.2 Å². The van der Waals surface area contributed by atoms with E-state index in [0.29, 0.717) is 5.82 Å². The molecule has 3 rings (SSSR count). The van der Waals surface area contributed by atoms with E-state index in [4.69, 9.17) is 16.2 Å². The van der Waals surface area contributed by atoms with Gasteiger partial charge in [-0.1, -0.05) is 42.0 Å². The third-order valence-corrected chi connectivity index (χ3v) is 3.32. The molecule has 0 aliphatic rings. The minimum absolute atomic E-state index is 0.0887. The van der Waals surface area contributed by atoms with Gasteiger partial charge in [0, 0.05) is 0 Å². The van der Waals surface area contributed by atoms with Crippen LogP contribution in [0.5, 0.6) is 5.75 Å². The first-order chi connectivity index (χ1) is 11.1. The van der Waals surface area contributed by atoms with Gasteiger partial charge in [-0.3, -0.25) is 0 Å². The van der Waals surface area contributed by atoms with E-state index in [2.05, 4.69) is 46.1 Å². The van der Waals surface area contributed by atoms with Crippen molar-refractivity contribution in [1.82, 2.24) is 15.0 Å². The summed E-state index contributed by atoms with van der Waals surface area (Å²) in [6.07, 6.45) is 0. The second kappa shape index (κ2) is 6.31. The molecular formula is C17H17N5O. The summed E-state index contributed by atoms with van der Waals surface area (Å²) in [6, 6.07) is 16.2. The summed E-state index contributed by atoms with van der Waals surface area (Å²) in [6.45, 7) is 2.25. The van der Waals surface area contributed by atoms with Crippen molar-refractivity contribution in [3.05, 3.63) is 59.9 Å². The molecule has 0 amide bonds. The SMILES string of the molecule is Cc1ccc(-c2ccc(OCc3nc(N)nc(N)n3)cc2)cc1. The first-order valence-electron chi connectivity index (χ1n) is 7.16. The van der Waals surface area contributed by atoms with Crippen molar-refractivity contribution in [1.29, 1.82) is 0 Å². The summed E-state index contributed by atoms with van der Waals surface area (Å²) in [5.74, 6) is 1.30. The monoisotopic (exact) mass is 307 g/mol. The molecule has 0 fully saturated rings. The Bertz CT molecular complexity index is 780. The lowest BCUT2D eigenvalue weighted by molar-refractivity contribution is 0.296. The predicted octanol–water partition coefficient (Wildman–Crippen LogP) is 2.59. The lowest BCUT2D eigenvalue weighted by Crippen LogP contribution is -2.09. The fraction of sp³-hybridized carbons (Fsp3) is 0.118. The van der Waals surface area contributed by atoms with Crippen LogP contribution in [0.25, 0.3) is 11.1 Å². The largest absolute Gasteiger partial charge is 0.486 e. The molecule has 3 aromatic rings. The molecule has 0 unspecified atom stereocenters. The molecule has 1 aromatic heterocycles. The van der Waals surface area contributed by atoms with E-state index in [1.54, 1.807) is 0 Å². The van der Waals surface area contributed by atoms with Crippen molar-refractivity contribution in [3.63, 3.8) is 0 Å². The number of hydrogen-bond acceptors (Lipinski definition) is 6. The van der Waals surface area contributed by atoms with Crippen molar-refractivity contribution in [2.45, 2.75) is 13.5 Å². The Hall–Kier alpha value is -3.15. The number of aryl methyl sites for hydroxylation is 1. The van der Waals surface area contributed by atoms with Crippen LogP contribution in [-0.2, 0) is 6.61 Å². The zero-order valence-corrected chi connectivity index (χ0v) is 12.7. The summed E-state index contributed by atoms with van der Waals surface area (Å²) < 4.78 is 5.65. The van der Waals surface area contributed by atoms with Gasteiger partial charge in [0.05, 0.1) is 0 Å². The van der Waals surface area contributed by atoms with E-state index in [0.717, 1.165) is 11.3 Å². The van der Waals surface area contributed by atoms with Gasteiger partial charge in [0.2, 0.25) is 11.9 Å². The van der Waals surface area contributed by atoms with Crippen LogP contribution in [0.1, 0.15) is 11.4 Å². The second-order valence-corrected chi connectivity index (χ2v) is 5.15.